The second-order valence-corrected chi connectivity index (χ2v) is 14.7. The van der Waals surface area contributed by atoms with Crippen LogP contribution in [0.25, 0.3) is 0 Å². The number of carbonyl (C=O) groups excluding carboxylic acids is 4. The van der Waals surface area contributed by atoms with Crippen LogP contribution in [0, 0.1) is 11.3 Å². The molecule has 4 amide bonds. The molecule has 1 unspecified atom stereocenters. The van der Waals surface area contributed by atoms with Gasteiger partial charge in [0.2, 0.25) is 18.2 Å². The van der Waals surface area contributed by atoms with Crippen molar-refractivity contribution in [3.05, 3.63) is 18.2 Å². The number of hydrogen-bond acceptors (Lipinski definition) is 8. The fourth-order valence-electron chi connectivity index (χ4n) is 7.47. The SMILES string of the molecule is CN(C)c1cc(N2CCC(CN3CCC4(CC3)CCN(C(=O)OC(C)(C)C)CC4)CC2)ccc1N(C=O)C1CCC(=O)NC1=O. The molecule has 0 aromatic heterocycles. The molecule has 45 heavy (non-hydrogen) atoms. The summed E-state index contributed by atoms with van der Waals surface area (Å²) in [6.07, 6.45) is 7.91. The molecule has 1 spiro atoms. The Bertz CT molecular complexity index is 1240. The lowest BCUT2D eigenvalue weighted by atomic mass is 9.71. The highest BCUT2D eigenvalue weighted by Gasteiger charge is 2.40. The second kappa shape index (κ2) is 13.6. The molecule has 4 fully saturated rings. The van der Waals surface area contributed by atoms with Crippen molar-refractivity contribution in [3.8, 4) is 0 Å². The van der Waals surface area contributed by atoms with Crippen molar-refractivity contribution in [3.63, 3.8) is 0 Å². The maximum atomic E-state index is 12.5. The molecule has 0 radical (unpaired) electrons. The van der Waals surface area contributed by atoms with Crippen molar-refractivity contribution >= 4 is 41.4 Å². The average molecular weight is 625 g/mol. The van der Waals surface area contributed by atoms with Crippen LogP contribution in [0.5, 0.6) is 0 Å². The van der Waals surface area contributed by atoms with Gasteiger partial charge in [-0.3, -0.25) is 19.7 Å². The van der Waals surface area contributed by atoms with E-state index in [1.54, 1.807) is 0 Å². The molecule has 4 heterocycles. The molecule has 5 rings (SSSR count). The molecule has 4 aliphatic rings. The summed E-state index contributed by atoms with van der Waals surface area (Å²) in [6.45, 7) is 12.8. The van der Waals surface area contributed by atoms with Gasteiger partial charge in [0.05, 0.1) is 11.4 Å². The number of rotatable bonds is 7. The van der Waals surface area contributed by atoms with Gasteiger partial charge in [-0.1, -0.05) is 0 Å². The maximum absolute atomic E-state index is 12.5. The number of nitrogens with zero attached hydrogens (tertiary/aromatic N) is 5. The third-order valence-electron chi connectivity index (χ3n) is 10.3. The van der Waals surface area contributed by atoms with E-state index in [1.807, 2.05) is 56.8 Å². The van der Waals surface area contributed by atoms with Gasteiger partial charge in [0.25, 0.3) is 0 Å². The Labute approximate surface area is 268 Å². The van der Waals surface area contributed by atoms with Crippen LogP contribution >= 0.6 is 0 Å². The minimum absolute atomic E-state index is 0.176. The fourth-order valence-corrected chi connectivity index (χ4v) is 7.47. The first-order chi connectivity index (χ1) is 21.4. The highest BCUT2D eigenvalue weighted by atomic mass is 16.6. The number of nitrogens with one attached hydrogen (secondary N) is 1. The maximum Gasteiger partial charge on any atom is 0.410 e. The molecule has 248 valence electrons. The molecule has 4 aliphatic heterocycles. The number of imide groups is 1. The first-order valence-electron chi connectivity index (χ1n) is 16.7. The van der Waals surface area contributed by atoms with E-state index in [2.05, 4.69) is 21.2 Å². The topological polar surface area (TPSA) is 106 Å². The summed E-state index contributed by atoms with van der Waals surface area (Å²) in [5, 5.41) is 2.36. The van der Waals surface area contributed by atoms with Gasteiger partial charge in [-0.2, -0.15) is 0 Å². The monoisotopic (exact) mass is 624 g/mol. The summed E-state index contributed by atoms with van der Waals surface area (Å²) >= 11 is 0. The van der Waals surface area contributed by atoms with Crippen LogP contribution in [0.15, 0.2) is 18.2 Å². The summed E-state index contributed by atoms with van der Waals surface area (Å²) in [4.78, 5) is 59.3. The van der Waals surface area contributed by atoms with Gasteiger partial charge in [-0.25, -0.2) is 4.79 Å². The molecule has 1 atom stereocenters. The minimum Gasteiger partial charge on any atom is -0.444 e. The zero-order chi connectivity index (χ0) is 32.4. The Morgan fingerprint density at radius 1 is 0.978 bits per heavy atom. The molecule has 11 nitrogen and oxygen atoms in total. The minimum atomic E-state index is -0.699. The Hall–Kier alpha value is -3.34. The molecule has 11 heteroatoms. The number of piperidine rings is 4. The third-order valence-corrected chi connectivity index (χ3v) is 10.3. The number of anilines is 3. The molecular weight excluding hydrogens is 572 g/mol. The molecule has 1 N–H and O–H groups in total. The van der Waals surface area contributed by atoms with Crippen LogP contribution in [0.1, 0.15) is 72.1 Å². The second-order valence-electron chi connectivity index (χ2n) is 14.7. The fraction of sp³-hybridized carbons (Fsp3) is 0.706. The van der Waals surface area contributed by atoms with E-state index in [0.29, 0.717) is 29.9 Å². The van der Waals surface area contributed by atoms with Crippen molar-refractivity contribution in [2.24, 2.45) is 11.3 Å². The Kier molecular flexibility index (Phi) is 9.96. The van der Waals surface area contributed by atoms with Gasteiger partial charge in [0, 0.05) is 58.9 Å². The van der Waals surface area contributed by atoms with E-state index in [0.717, 1.165) is 82.9 Å². The predicted octanol–water partition coefficient (Wildman–Crippen LogP) is 3.85. The molecule has 0 bridgehead atoms. The molecule has 1 aromatic rings. The number of carbonyl (C=O) groups is 4. The quantitative estimate of drug-likeness (QED) is 0.361. The van der Waals surface area contributed by atoms with E-state index >= 15 is 0 Å². The first kappa shape index (κ1) is 33.0. The van der Waals surface area contributed by atoms with Crippen LogP contribution in [-0.4, -0.2) is 106 Å². The Morgan fingerprint density at radius 2 is 1.62 bits per heavy atom. The van der Waals surface area contributed by atoms with Gasteiger partial charge in [0.1, 0.15) is 11.6 Å². The van der Waals surface area contributed by atoms with Gasteiger partial charge >= 0.3 is 6.09 Å². The van der Waals surface area contributed by atoms with Gasteiger partial charge < -0.3 is 29.2 Å². The molecule has 4 saturated heterocycles. The molecule has 0 saturated carbocycles. The number of likely N-dealkylation sites (tertiary alicyclic amines) is 2. The summed E-state index contributed by atoms with van der Waals surface area (Å²) < 4.78 is 5.59. The van der Waals surface area contributed by atoms with E-state index in [4.69, 9.17) is 4.74 Å². The smallest absolute Gasteiger partial charge is 0.410 e. The predicted molar refractivity (Wildman–Crippen MR) is 176 cm³/mol. The van der Waals surface area contributed by atoms with Crippen LogP contribution in [0.4, 0.5) is 21.9 Å². The Balaban J connectivity index is 1.11. The van der Waals surface area contributed by atoms with Gasteiger partial charge in [-0.05, 0) is 108 Å². The van der Waals surface area contributed by atoms with E-state index in [-0.39, 0.29) is 18.4 Å². The lowest BCUT2D eigenvalue weighted by molar-refractivity contribution is -0.134. The lowest BCUT2D eigenvalue weighted by Crippen LogP contribution is -2.52. The van der Waals surface area contributed by atoms with Gasteiger partial charge in [0.15, 0.2) is 0 Å². The van der Waals surface area contributed by atoms with Crippen LogP contribution < -0.4 is 20.0 Å². The first-order valence-corrected chi connectivity index (χ1v) is 16.7. The normalized spacial score (nSPS) is 23.1. The van der Waals surface area contributed by atoms with E-state index in [1.165, 1.54) is 17.7 Å². The number of hydrogen-bond donors (Lipinski definition) is 1. The van der Waals surface area contributed by atoms with Crippen molar-refractivity contribution in [2.75, 3.05) is 74.6 Å². The van der Waals surface area contributed by atoms with Gasteiger partial charge in [-0.15, -0.1) is 0 Å². The van der Waals surface area contributed by atoms with Crippen molar-refractivity contribution < 1.29 is 23.9 Å². The van der Waals surface area contributed by atoms with Crippen molar-refractivity contribution in [1.29, 1.82) is 0 Å². The highest BCUT2D eigenvalue weighted by molar-refractivity contribution is 6.04. The van der Waals surface area contributed by atoms with Crippen LogP contribution in [0.3, 0.4) is 0 Å². The standard InChI is InChI=1S/C34H52N6O5/c1-33(2,3)45-32(44)39-20-14-34(15-21-39)12-18-37(19-13-34)23-25-10-16-38(17-11-25)26-6-7-27(29(22-26)36(4)5)40(24-41)28-8-9-30(42)35-31(28)43/h6-7,22,24-25,28H,8-21,23H2,1-5H3,(H,35,42,43). The van der Waals surface area contributed by atoms with E-state index in [9.17, 15) is 19.2 Å². The molecular formula is C34H52N6O5. The number of ether oxygens (including phenoxy) is 1. The summed E-state index contributed by atoms with van der Waals surface area (Å²) in [5.74, 6) is -0.0491. The Morgan fingerprint density at radius 3 is 2.20 bits per heavy atom. The zero-order valence-electron chi connectivity index (χ0n) is 27.8. The molecule has 0 aliphatic carbocycles. The largest absolute Gasteiger partial charge is 0.444 e. The van der Waals surface area contributed by atoms with Crippen molar-refractivity contribution in [1.82, 2.24) is 15.1 Å². The van der Waals surface area contributed by atoms with Crippen LogP contribution in [0.2, 0.25) is 0 Å². The summed E-state index contributed by atoms with van der Waals surface area (Å²) in [5.41, 5.74) is 2.57. The zero-order valence-corrected chi connectivity index (χ0v) is 27.8. The number of benzene rings is 1. The third kappa shape index (κ3) is 7.91. The lowest BCUT2D eigenvalue weighted by Gasteiger charge is -2.47. The highest BCUT2D eigenvalue weighted by Crippen LogP contribution is 2.42. The summed E-state index contributed by atoms with van der Waals surface area (Å²) in [6, 6.07) is 5.38. The molecule has 1 aromatic carbocycles. The average Bonchev–Trinajstić information content (AvgIpc) is 3.00. The van der Waals surface area contributed by atoms with Crippen LogP contribution in [-0.2, 0) is 19.1 Å². The van der Waals surface area contributed by atoms with E-state index < -0.39 is 17.6 Å². The van der Waals surface area contributed by atoms with Crippen molar-refractivity contribution in [2.45, 2.75) is 83.8 Å². The number of amides is 4. The summed E-state index contributed by atoms with van der Waals surface area (Å²) in [7, 11) is 3.88.